The molecular formula is C9H14. The van der Waals surface area contributed by atoms with E-state index in [-0.39, 0.29) is 0 Å². The van der Waals surface area contributed by atoms with Gasteiger partial charge in [0.1, 0.15) is 0 Å². The quantitative estimate of drug-likeness (QED) is 0.505. The molecule has 0 aromatic heterocycles. The van der Waals surface area contributed by atoms with Gasteiger partial charge in [0, 0.05) is 0 Å². The van der Waals surface area contributed by atoms with Gasteiger partial charge in [-0.1, -0.05) is 30.7 Å². The molecule has 0 aliphatic carbocycles. The molecule has 0 saturated carbocycles. The first-order valence-corrected chi connectivity index (χ1v) is 3.28. The van der Waals surface area contributed by atoms with Gasteiger partial charge in [0.25, 0.3) is 0 Å². The number of allylic oxidation sites excluding steroid dienone is 4. The van der Waals surface area contributed by atoms with Crippen LogP contribution in [0.4, 0.5) is 0 Å². The van der Waals surface area contributed by atoms with Gasteiger partial charge in [-0.15, -0.1) is 0 Å². The van der Waals surface area contributed by atoms with Crippen LogP contribution < -0.4 is 0 Å². The lowest BCUT2D eigenvalue weighted by molar-refractivity contribution is 1.03. The van der Waals surface area contributed by atoms with Crippen LogP contribution in [0.5, 0.6) is 0 Å². The fraction of sp³-hybridized carbons (Fsp3) is 0.333. The summed E-state index contributed by atoms with van der Waals surface area (Å²) in [5.41, 5.74) is 1.37. The van der Waals surface area contributed by atoms with E-state index in [1.165, 1.54) is 5.57 Å². The highest BCUT2D eigenvalue weighted by Crippen LogP contribution is 2.04. The molecular weight excluding hydrogens is 108 g/mol. The Morgan fingerprint density at radius 2 is 2.22 bits per heavy atom. The Balaban J connectivity index is 3.75. The highest BCUT2D eigenvalue weighted by atomic mass is 13.9. The summed E-state index contributed by atoms with van der Waals surface area (Å²) in [6.07, 6.45) is 7.80. The van der Waals surface area contributed by atoms with Crippen molar-refractivity contribution < 1.29 is 0 Å². The van der Waals surface area contributed by atoms with Crippen LogP contribution >= 0.6 is 0 Å². The fourth-order valence-electron chi connectivity index (χ4n) is 0.582. The Bertz CT molecular complexity index is 101. The molecule has 0 saturated heterocycles. The van der Waals surface area contributed by atoms with Crippen LogP contribution in [-0.2, 0) is 0 Å². The standard InChI is InChI=1S/C9H14/c1-4-7-8-9(5-2)6-3/h4,7-8H,1-2,5-6H2,3H3/b7-4+,9-8-. The van der Waals surface area contributed by atoms with Crippen LogP contribution in [0.1, 0.15) is 19.8 Å². The summed E-state index contributed by atoms with van der Waals surface area (Å²) < 4.78 is 0. The molecule has 0 fully saturated rings. The fourth-order valence-corrected chi connectivity index (χ4v) is 0.582. The lowest BCUT2D eigenvalue weighted by Crippen LogP contribution is -1.74. The first-order valence-electron chi connectivity index (χ1n) is 3.28. The summed E-state index contributed by atoms with van der Waals surface area (Å²) in [7, 11) is 0. The van der Waals surface area contributed by atoms with Crippen molar-refractivity contribution in [2.75, 3.05) is 0 Å². The molecule has 0 aromatic rings. The molecule has 0 amide bonds. The van der Waals surface area contributed by atoms with Crippen molar-refractivity contribution in [1.82, 2.24) is 0 Å². The smallest absolute Gasteiger partial charge is 0.0313 e. The lowest BCUT2D eigenvalue weighted by Gasteiger charge is -1.94. The van der Waals surface area contributed by atoms with E-state index in [2.05, 4.69) is 26.8 Å². The molecule has 0 spiro atoms. The molecule has 0 aliphatic heterocycles. The third kappa shape index (κ3) is 4.01. The Hall–Kier alpha value is -0.520. The second-order valence-corrected chi connectivity index (χ2v) is 1.86. The summed E-state index contributed by atoms with van der Waals surface area (Å²) >= 11 is 0. The van der Waals surface area contributed by atoms with E-state index < -0.39 is 0 Å². The summed E-state index contributed by atoms with van der Waals surface area (Å²) in [4.78, 5) is 0. The van der Waals surface area contributed by atoms with Crippen LogP contribution in [0, 0.1) is 13.8 Å². The molecule has 0 atom stereocenters. The molecule has 0 aliphatic rings. The molecule has 50 valence electrons. The van der Waals surface area contributed by atoms with Crippen LogP contribution in [0.3, 0.4) is 0 Å². The van der Waals surface area contributed by atoms with Crippen LogP contribution in [-0.4, -0.2) is 0 Å². The Labute approximate surface area is 58.3 Å². The molecule has 0 heteroatoms. The zero-order valence-electron chi connectivity index (χ0n) is 6.06. The second-order valence-electron chi connectivity index (χ2n) is 1.86. The molecule has 9 heavy (non-hydrogen) atoms. The molecule has 0 heterocycles. The Kier molecular flexibility index (Phi) is 5.29. The van der Waals surface area contributed by atoms with Crippen molar-refractivity contribution in [3.8, 4) is 0 Å². The van der Waals surface area contributed by atoms with Crippen molar-refractivity contribution in [2.24, 2.45) is 0 Å². The maximum absolute atomic E-state index is 3.79. The van der Waals surface area contributed by atoms with E-state index in [1.807, 2.05) is 6.08 Å². The van der Waals surface area contributed by atoms with Crippen LogP contribution in [0.25, 0.3) is 0 Å². The van der Waals surface area contributed by atoms with Crippen LogP contribution in [0.15, 0.2) is 23.8 Å². The van der Waals surface area contributed by atoms with Gasteiger partial charge in [-0.2, -0.15) is 0 Å². The summed E-state index contributed by atoms with van der Waals surface area (Å²) in [5.74, 6) is 0. The largest absolute Gasteiger partial charge is 0.0842 e. The minimum atomic E-state index is 0.904. The van der Waals surface area contributed by atoms with E-state index in [1.54, 1.807) is 6.08 Å². The van der Waals surface area contributed by atoms with Gasteiger partial charge >= 0.3 is 0 Å². The minimum Gasteiger partial charge on any atom is -0.0842 e. The molecule has 0 bridgehead atoms. The van der Waals surface area contributed by atoms with Gasteiger partial charge in [0.15, 0.2) is 0 Å². The van der Waals surface area contributed by atoms with Gasteiger partial charge < -0.3 is 0 Å². The van der Waals surface area contributed by atoms with E-state index in [0.29, 0.717) is 0 Å². The number of rotatable bonds is 3. The molecule has 0 aromatic carbocycles. The highest BCUT2D eigenvalue weighted by molar-refractivity contribution is 5.13. The molecule has 0 N–H and O–H groups in total. The predicted molar refractivity (Wildman–Crippen MR) is 42.8 cm³/mol. The maximum atomic E-state index is 3.79. The van der Waals surface area contributed by atoms with Crippen molar-refractivity contribution >= 4 is 0 Å². The first-order chi connectivity index (χ1) is 4.35. The zero-order chi connectivity index (χ0) is 7.11. The van der Waals surface area contributed by atoms with Gasteiger partial charge in [-0.25, -0.2) is 0 Å². The number of hydrogen-bond acceptors (Lipinski definition) is 0. The van der Waals surface area contributed by atoms with Crippen molar-refractivity contribution in [1.29, 1.82) is 0 Å². The van der Waals surface area contributed by atoms with E-state index in [4.69, 9.17) is 0 Å². The van der Waals surface area contributed by atoms with Gasteiger partial charge in [-0.05, 0) is 26.7 Å². The van der Waals surface area contributed by atoms with Gasteiger partial charge in [0.2, 0.25) is 0 Å². The first kappa shape index (κ1) is 8.48. The SMILES string of the molecule is [CH2]/C=C/C=C(/C[CH2])CC. The third-order valence-electron chi connectivity index (χ3n) is 1.24. The average Bonchev–Trinajstić information content (AvgIpc) is 1.91. The average molecular weight is 122 g/mol. The minimum absolute atomic E-state index is 0.904. The summed E-state index contributed by atoms with van der Waals surface area (Å²) in [6, 6.07) is 0. The Morgan fingerprint density at radius 1 is 1.56 bits per heavy atom. The Morgan fingerprint density at radius 3 is 2.56 bits per heavy atom. The summed E-state index contributed by atoms with van der Waals surface area (Å²) in [6.45, 7) is 9.50. The van der Waals surface area contributed by atoms with Crippen LogP contribution in [0.2, 0.25) is 0 Å². The highest BCUT2D eigenvalue weighted by Gasteiger charge is 1.83. The zero-order valence-corrected chi connectivity index (χ0v) is 6.06. The normalized spacial score (nSPS) is 13.0. The van der Waals surface area contributed by atoms with Crippen molar-refractivity contribution in [2.45, 2.75) is 19.8 Å². The second kappa shape index (κ2) is 5.61. The molecule has 2 radical (unpaired) electrons. The van der Waals surface area contributed by atoms with E-state index in [0.717, 1.165) is 12.8 Å². The maximum Gasteiger partial charge on any atom is -0.0313 e. The predicted octanol–water partition coefficient (Wildman–Crippen LogP) is 2.94. The topological polar surface area (TPSA) is 0 Å². The number of hydrogen-bond donors (Lipinski definition) is 0. The lowest BCUT2D eigenvalue weighted by atomic mass is 10.1. The van der Waals surface area contributed by atoms with Crippen molar-refractivity contribution in [3.63, 3.8) is 0 Å². The summed E-state index contributed by atoms with van der Waals surface area (Å²) in [5, 5.41) is 0. The molecule has 0 rings (SSSR count). The van der Waals surface area contributed by atoms with Gasteiger partial charge in [-0.3, -0.25) is 0 Å². The third-order valence-corrected chi connectivity index (χ3v) is 1.24. The van der Waals surface area contributed by atoms with E-state index >= 15 is 0 Å². The van der Waals surface area contributed by atoms with Crippen molar-refractivity contribution in [3.05, 3.63) is 37.6 Å². The van der Waals surface area contributed by atoms with E-state index in [9.17, 15) is 0 Å². The monoisotopic (exact) mass is 122 g/mol. The molecule has 0 nitrogen and oxygen atoms in total. The van der Waals surface area contributed by atoms with Gasteiger partial charge in [0.05, 0.1) is 0 Å². The molecule has 0 unspecified atom stereocenters.